The van der Waals surface area contributed by atoms with Crippen molar-refractivity contribution >= 4 is 17.5 Å². The standard InChI is InChI=1S/C16H16ClNO3/c1-18(16(20)12-6-2-4-8-14(12)19)10-11-21-15-9-5-3-7-13(15)17/h2-9,19H,10-11H2,1H3. The van der Waals surface area contributed by atoms with Gasteiger partial charge in [-0.25, -0.2) is 0 Å². The molecule has 5 heteroatoms. The minimum Gasteiger partial charge on any atom is -0.507 e. The molecule has 2 aromatic rings. The number of phenolic OH excluding ortho intramolecular Hbond substituents is 1. The van der Waals surface area contributed by atoms with Crippen LogP contribution in [0.3, 0.4) is 0 Å². The van der Waals surface area contributed by atoms with Crippen LogP contribution in [-0.2, 0) is 0 Å². The average molecular weight is 306 g/mol. The van der Waals surface area contributed by atoms with E-state index in [2.05, 4.69) is 0 Å². The maximum absolute atomic E-state index is 12.2. The summed E-state index contributed by atoms with van der Waals surface area (Å²) in [6.45, 7) is 0.706. The van der Waals surface area contributed by atoms with Gasteiger partial charge in [0.2, 0.25) is 0 Å². The van der Waals surface area contributed by atoms with Crippen molar-refractivity contribution in [2.75, 3.05) is 20.2 Å². The van der Waals surface area contributed by atoms with Crippen molar-refractivity contribution in [1.82, 2.24) is 4.90 Å². The van der Waals surface area contributed by atoms with Crippen molar-refractivity contribution in [3.63, 3.8) is 0 Å². The highest BCUT2D eigenvalue weighted by Gasteiger charge is 2.15. The predicted octanol–water partition coefficient (Wildman–Crippen LogP) is 3.20. The van der Waals surface area contributed by atoms with Crippen molar-refractivity contribution in [3.8, 4) is 11.5 Å². The van der Waals surface area contributed by atoms with Crippen molar-refractivity contribution in [2.24, 2.45) is 0 Å². The number of nitrogens with zero attached hydrogens (tertiary/aromatic N) is 1. The van der Waals surface area contributed by atoms with E-state index in [1.807, 2.05) is 12.1 Å². The van der Waals surface area contributed by atoms with Gasteiger partial charge < -0.3 is 14.7 Å². The van der Waals surface area contributed by atoms with Gasteiger partial charge in [-0.2, -0.15) is 0 Å². The molecule has 4 nitrogen and oxygen atoms in total. The van der Waals surface area contributed by atoms with E-state index in [0.717, 1.165) is 0 Å². The number of benzene rings is 2. The molecule has 21 heavy (non-hydrogen) atoms. The molecule has 0 unspecified atom stereocenters. The number of rotatable bonds is 5. The van der Waals surface area contributed by atoms with Crippen LogP contribution < -0.4 is 4.74 Å². The largest absolute Gasteiger partial charge is 0.507 e. The van der Waals surface area contributed by atoms with Crippen LogP contribution in [0.2, 0.25) is 5.02 Å². The molecule has 1 amide bonds. The predicted molar refractivity (Wildman–Crippen MR) is 82.0 cm³/mol. The zero-order chi connectivity index (χ0) is 15.2. The second kappa shape index (κ2) is 6.99. The summed E-state index contributed by atoms with van der Waals surface area (Å²) in [6, 6.07) is 13.6. The second-order valence-corrected chi connectivity index (χ2v) is 4.93. The molecule has 0 aliphatic carbocycles. The number of phenols is 1. The fraction of sp³-hybridized carbons (Fsp3) is 0.188. The molecule has 2 rings (SSSR count). The van der Waals surface area contributed by atoms with Crippen LogP contribution in [-0.4, -0.2) is 36.1 Å². The summed E-state index contributed by atoms with van der Waals surface area (Å²) >= 11 is 5.98. The number of ether oxygens (including phenoxy) is 1. The number of hydrogen-bond donors (Lipinski definition) is 1. The molecule has 0 saturated heterocycles. The van der Waals surface area contributed by atoms with Crippen LogP contribution in [0.25, 0.3) is 0 Å². The van der Waals surface area contributed by atoms with Crippen LogP contribution >= 0.6 is 11.6 Å². The summed E-state index contributed by atoms with van der Waals surface area (Å²) in [4.78, 5) is 13.7. The SMILES string of the molecule is CN(CCOc1ccccc1Cl)C(=O)c1ccccc1O. The summed E-state index contributed by atoms with van der Waals surface area (Å²) in [6.07, 6.45) is 0. The first-order valence-electron chi connectivity index (χ1n) is 6.50. The molecule has 0 bridgehead atoms. The molecule has 0 aliphatic heterocycles. The van der Waals surface area contributed by atoms with Crippen LogP contribution in [0, 0.1) is 0 Å². The molecule has 0 saturated carbocycles. The van der Waals surface area contributed by atoms with Gasteiger partial charge in [0, 0.05) is 7.05 Å². The molecule has 0 atom stereocenters. The Labute approximate surface area is 128 Å². The minimum atomic E-state index is -0.254. The molecule has 0 aliphatic rings. The van der Waals surface area contributed by atoms with Crippen LogP contribution in [0.1, 0.15) is 10.4 Å². The first-order chi connectivity index (χ1) is 10.1. The number of para-hydroxylation sites is 2. The van der Waals surface area contributed by atoms with Gasteiger partial charge >= 0.3 is 0 Å². The summed E-state index contributed by atoms with van der Waals surface area (Å²) in [7, 11) is 1.66. The van der Waals surface area contributed by atoms with Gasteiger partial charge in [-0.3, -0.25) is 4.79 Å². The van der Waals surface area contributed by atoms with Gasteiger partial charge in [-0.15, -0.1) is 0 Å². The monoisotopic (exact) mass is 305 g/mol. The van der Waals surface area contributed by atoms with E-state index >= 15 is 0 Å². The van der Waals surface area contributed by atoms with Gasteiger partial charge in [0.25, 0.3) is 5.91 Å². The Bertz CT molecular complexity index is 630. The van der Waals surface area contributed by atoms with Crippen LogP contribution in [0.4, 0.5) is 0 Å². The third-order valence-corrected chi connectivity index (χ3v) is 3.31. The summed E-state index contributed by atoms with van der Waals surface area (Å²) < 4.78 is 5.54. The minimum absolute atomic E-state index is 0.0265. The normalized spacial score (nSPS) is 10.2. The van der Waals surface area contributed by atoms with E-state index in [1.54, 1.807) is 37.4 Å². The number of aromatic hydroxyl groups is 1. The Morgan fingerprint density at radius 3 is 2.57 bits per heavy atom. The molecule has 0 radical (unpaired) electrons. The van der Waals surface area contributed by atoms with Gasteiger partial charge in [0.15, 0.2) is 0 Å². The molecule has 1 N–H and O–H groups in total. The molecular weight excluding hydrogens is 290 g/mol. The number of carbonyl (C=O) groups is 1. The maximum atomic E-state index is 12.2. The lowest BCUT2D eigenvalue weighted by Gasteiger charge is -2.18. The zero-order valence-corrected chi connectivity index (χ0v) is 12.4. The quantitative estimate of drug-likeness (QED) is 0.923. The molecular formula is C16H16ClNO3. The number of halogens is 1. The lowest BCUT2D eigenvalue weighted by molar-refractivity contribution is 0.0771. The first-order valence-corrected chi connectivity index (χ1v) is 6.88. The molecule has 2 aromatic carbocycles. The van der Waals surface area contributed by atoms with E-state index in [4.69, 9.17) is 16.3 Å². The summed E-state index contributed by atoms with van der Waals surface area (Å²) in [5, 5.41) is 10.2. The van der Waals surface area contributed by atoms with Gasteiger partial charge in [0.05, 0.1) is 17.1 Å². The van der Waals surface area contributed by atoms with Crippen molar-refractivity contribution < 1.29 is 14.6 Å². The number of likely N-dealkylation sites (N-methyl/N-ethyl adjacent to an activating group) is 1. The van der Waals surface area contributed by atoms with Crippen LogP contribution in [0.15, 0.2) is 48.5 Å². The van der Waals surface area contributed by atoms with Crippen molar-refractivity contribution in [2.45, 2.75) is 0 Å². The Kier molecular flexibility index (Phi) is 5.06. The Hall–Kier alpha value is -2.20. The highest BCUT2D eigenvalue weighted by molar-refractivity contribution is 6.32. The summed E-state index contributed by atoms with van der Waals surface area (Å²) in [5.74, 6) is 0.305. The lowest BCUT2D eigenvalue weighted by atomic mass is 10.2. The summed E-state index contributed by atoms with van der Waals surface area (Å²) in [5.41, 5.74) is 0.276. The van der Waals surface area contributed by atoms with E-state index in [9.17, 15) is 9.90 Å². The molecule has 110 valence electrons. The Morgan fingerprint density at radius 2 is 1.86 bits per heavy atom. The molecule has 0 spiro atoms. The van der Waals surface area contributed by atoms with E-state index in [-0.39, 0.29) is 17.2 Å². The maximum Gasteiger partial charge on any atom is 0.257 e. The van der Waals surface area contributed by atoms with Crippen LogP contribution in [0.5, 0.6) is 11.5 Å². The number of amides is 1. The van der Waals surface area contributed by atoms with Gasteiger partial charge in [-0.05, 0) is 24.3 Å². The van der Waals surface area contributed by atoms with Gasteiger partial charge in [-0.1, -0.05) is 35.9 Å². The smallest absolute Gasteiger partial charge is 0.257 e. The van der Waals surface area contributed by atoms with E-state index in [0.29, 0.717) is 23.9 Å². The Morgan fingerprint density at radius 1 is 1.19 bits per heavy atom. The fourth-order valence-corrected chi connectivity index (χ4v) is 2.01. The van der Waals surface area contributed by atoms with E-state index < -0.39 is 0 Å². The first kappa shape index (κ1) is 15.2. The molecule has 0 fully saturated rings. The molecule has 0 aromatic heterocycles. The van der Waals surface area contributed by atoms with Crippen molar-refractivity contribution in [1.29, 1.82) is 0 Å². The average Bonchev–Trinajstić information content (AvgIpc) is 2.49. The van der Waals surface area contributed by atoms with E-state index in [1.165, 1.54) is 11.0 Å². The topological polar surface area (TPSA) is 49.8 Å². The molecule has 0 heterocycles. The third kappa shape index (κ3) is 3.89. The zero-order valence-electron chi connectivity index (χ0n) is 11.6. The highest BCUT2D eigenvalue weighted by Crippen LogP contribution is 2.23. The number of carbonyl (C=O) groups excluding carboxylic acids is 1. The fourth-order valence-electron chi connectivity index (χ4n) is 1.82. The Balaban J connectivity index is 1.90. The number of hydrogen-bond acceptors (Lipinski definition) is 3. The highest BCUT2D eigenvalue weighted by atomic mass is 35.5. The third-order valence-electron chi connectivity index (χ3n) is 3.00. The van der Waals surface area contributed by atoms with Crippen molar-refractivity contribution in [3.05, 3.63) is 59.1 Å². The second-order valence-electron chi connectivity index (χ2n) is 4.52. The lowest BCUT2D eigenvalue weighted by Crippen LogP contribution is -2.30. The van der Waals surface area contributed by atoms with Gasteiger partial charge in [0.1, 0.15) is 18.1 Å².